The molecule has 1 N–H and O–H groups in total. The predicted octanol–water partition coefficient (Wildman–Crippen LogP) is 3.71. The quantitative estimate of drug-likeness (QED) is 0.641. The molecule has 0 amide bonds. The van der Waals surface area contributed by atoms with E-state index >= 15 is 0 Å². The van der Waals surface area contributed by atoms with Gasteiger partial charge >= 0.3 is 5.97 Å². The monoisotopic (exact) mass is 365 g/mol. The maximum Gasteiger partial charge on any atom is 0.335 e. The molecule has 1 aliphatic rings. The standard InChI is InChI=1S/C13H19NO.C8H16O3/c1-2-15-13-9-8-12(13)14-10-11-6-4-3-5-7-11;1-4-7(10-5-2)8(9)11-6-3/h3-7,12-14H,2,8-10H2,1H3;7H,4-6H2,1-3H3. The maximum absolute atomic E-state index is 11.0. The second-order valence-electron chi connectivity index (χ2n) is 6.15. The van der Waals surface area contributed by atoms with Crippen molar-refractivity contribution in [1.29, 1.82) is 0 Å². The van der Waals surface area contributed by atoms with Crippen molar-refractivity contribution in [1.82, 2.24) is 5.32 Å². The molecule has 3 unspecified atom stereocenters. The van der Waals surface area contributed by atoms with Crippen LogP contribution in [-0.2, 0) is 25.5 Å². The van der Waals surface area contributed by atoms with E-state index in [0.29, 0.717) is 31.8 Å². The highest BCUT2D eigenvalue weighted by atomic mass is 16.6. The van der Waals surface area contributed by atoms with E-state index in [-0.39, 0.29) is 12.1 Å². The number of benzene rings is 1. The van der Waals surface area contributed by atoms with E-state index < -0.39 is 0 Å². The topological polar surface area (TPSA) is 56.8 Å². The summed E-state index contributed by atoms with van der Waals surface area (Å²) in [7, 11) is 0. The number of carbonyl (C=O) groups excluding carboxylic acids is 1. The summed E-state index contributed by atoms with van der Waals surface area (Å²) in [4.78, 5) is 11.0. The minimum absolute atomic E-state index is 0.253. The van der Waals surface area contributed by atoms with Crippen molar-refractivity contribution in [3.05, 3.63) is 35.9 Å². The first kappa shape index (κ1) is 22.6. The summed E-state index contributed by atoms with van der Waals surface area (Å²) in [5.41, 5.74) is 1.35. The van der Waals surface area contributed by atoms with Gasteiger partial charge in [-0.3, -0.25) is 0 Å². The van der Waals surface area contributed by atoms with Gasteiger partial charge in [0.25, 0.3) is 0 Å². The van der Waals surface area contributed by atoms with E-state index in [1.165, 1.54) is 18.4 Å². The van der Waals surface area contributed by atoms with Gasteiger partial charge in [0.1, 0.15) is 0 Å². The molecule has 5 nitrogen and oxygen atoms in total. The lowest BCUT2D eigenvalue weighted by atomic mass is 9.89. The number of carbonyl (C=O) groups is 1. The number of ether oxygens (including phenoxy) is 3. The van der Waals surface area contributed by atoms with Gasteiger partial charge in [0.05, 0.1) is 12.7 Å². The van der Waals surface area contributed by atoms with Gasteiger partial charge in [-0.1, -0.05) is 37.3 Å². The summed E-state index contributed by atoms with van der Waals surface area (Å²) in [6.07, 6.45) is 3.20. The Bertz CT molecular complexity index is 480. The third-order valence-electron chi connectivity index (χ3n) is 4.29. The fraction of sp³-hybridized carbons (Fsp3) is 0.667. The first-order valence-electron chi connectivity index (χ1n) is 9.83. The predicted molar refractivity (Wildman–Crippen MR) is 104 cm³/mol. The Labute approximate surface area is 158 Å². The van der Waals surface area contributed by atoms with E-state index in [1.54, 1.807) is 6.92 Å². The summed E-state index contributed by atoms with van der Waals surface area (Å²) in [6.45, 7) is 10.4. The number of hydrogen-bond acceptors (Lipinski definition) is 5. The van der Waals surface area contributed by atoms with E-state index in [4.69, 9.17) is 14.2 Å². The molecule has 1 fully saturated rings. The van der Waals surface area contributed by atoms with Crippen LogP contribution < -0.4 is 5.32 Å². The molecule has 0 spiro atoms. The first-order chi connectivity index (χ1) is 12.7. The maximum atomic E-state index is 11.0. The molecule has 5 heteroatoms. The van der Waals surface area contributed by atoms with Crippen molar-refractivity contribution >= 4 is 5.97 Å². The molecule has 148 valence electrons. The molecular weight excluding hydrogens is 330 g/mol. The van der Waals surface area contributed by atoms with E-state index in [9.17, 15) is 4.79 Å². The van der Waals surface area contributed by atoms with Crippen LogP contribution in [0.4, 0.5) is 0 Å². The van der Waals surface area contributed by atoms with E-state index in [1.807, 2.05) is 13.8 Å². The normalized spacial score (nSPS) is 19.7. The molecule has 3 atom stereocenters. The van der Waals surface area contributed by atoms with Crippen molar-refractivity contribution in [2.45, 2.75) is 71.8 Å². The summed E-state index contributed by atoms with van der Waals surface area (Å²) in [6, 6.07) is 11.1. The SMILES string of the molecule is CCOC(=O)C(CC)OCC.CCOC1CCC1NCc1ccccc1. The molecule has 26 heavy (non-hydrogen) atoms. The van der Waals surface area contributed by atoms with Gasteiger partial charge in [-0.15, -0.1) is 0 Å². The molecule has 0 aromatic heterocycles. The van der Waals surface area contributed by atoms with Crippen LogP contribution in [0.1, 0.15) is 52.5 Å². The minimum Gasteiger partial charge on any atom is -0.464 e. The zero-order valence-electron chi connectivity index (χ0n) is 16.7. The number of esters is 1. The number of hydrogen-bond donors (Lipinski definition) is 1. The second kappa shape index (κ2) is 13.7. The van der Waals surface area contributed by atoms with Crippen molar-refractivity contribution in [3.63, 3.8) is 0 Å². The van der Waals surface area contributed by atoms with Gasteiger partial charge in [0.2, 0.25) is 0 Å². The van der Waals surface area contributed by atoms with Gasteiger partial charge in [-0.25, -0.2) is 4.79 Å². The Kier molecular flexibility index (Phi) is 11.9. The summed E-state index contributed by atoms with van der Waals surface area (Å²) >= 11 is 0. The second-order valence-corrected chi connectivity index (χ2v) is 6.15. The lowest BCUT2D eigenvalue weighted by Crippen LogP contribution is -2.48. The molecule has 1 aromatic carbocycles. The van der Waals surface area contributed by atoms with E-state index in [0.717, 1.165) is 13.2 Å². The van der Waals surface area contributed by atoms with Crippen LogP contribution in [0.2, 0.25) is 0 Å². The molecule has 1 aliphatic carbocycles. The first-order valence-corrected chi connectivity index (χ1v) is 9.83. The fourth-order valence-corrected chi connectivity index (χ4v) is 2.75. The highest BCUT2D eigenvalue weighted by Crippen LogP contribution is 2.23. The van der Waals surface area contributed by atoms with Crippen LogP contribution in [0.3, 0.4) is 0 Å². The van der Waals surface area contributed by atoms with Crippen LogP contribution in [0, 0.1) is 0 Å². The van der Waals surface area contributed by atoms with E-state index in [2.05, 4.69) is 42.6 Å². The average molecular weight is 366 g/mol. The highest BCUT2D eigenvalue weighted by molar-refractivity contribution is 5.74. The largest absolute Gasteiger partial charge is 0.464 e. The van der Waals surface area contributed by atoms with Gasteiger partial charge < -0.3 is 19.5 Å². The highest BCUT2D eigenvalue weighted by Gasteiger charge is 2.30. The lowest BCUT2D eigenvalue weighted by Gasteiger charge is -2.36. The third kappa shape index (κ3) is 8.30. The smallest absolute Gasteiger partial charge is 0.335 e. The Hall–Kier alpha value is -1.43. The molecule has 0 heterocycles. The van der Waals surface area contributed by atoms with Crippen molar-refractivity contribution in [2.75, 3.05) is 19.8 Å². The zero-order chi connectivity index (χ0) is 19.2. The molecular formula is C21H35NO4. The Morgan fingerprint density at radius 3 is 2.31 bits per heavy atom. The van der Waals surface area contributed by atoms with Crippen LogP contribution in [0.5, 0.6) is 0 Å². The Balaban J connectivity index is 0.000000276. The molecule has 1 saturated carbocycles. The summed E-state index contributed by atoms with van der Waals surface area (Å²) in [5, 5.41) is 3.55. The van der Waals surface area contributed by atoms with Crippen LogP contribution in [0.15, 0.2) is 30.3 Å². The number of nitrogens with one attached hydrogen (secondary N) is 1. The van der Waals surface area contributed by atoms with Crippen molar-refractivity contribution in [2.24, 2.45) is 0 Å². The average Bonchev–Trinajstić information content (AvgIpc) is 2.65. The van der Waals surface area contributed by atoms with Gasteiger partial charge in [-0.05, 0) is 45.6 Å². The minimum atomic E-state index is -0.375. The molecule has 2 rings (SSSR count). The van der Waals surface area contributed by atoms with Crippen LogP contribution >= 0.6 is 0 Å². The van der Waals surface area contributed by atoms with Gasteiger partial charge in [0.15, 0.2) is 6.10 Å². The Morgan fingerprint density at radius 2 is 1.81 bits per heavy atom. The van der Waals surface area contributed by atoms with Crippen LogP contribution in [0.25, 0.3) is 0 Å². The molecule has 1 aromatic rings. The molecule has 0 saturated heterocycles. The fourth-order valence-electron chi connectivity index (χ4n) is 2.75. The molecule has 0 bridgehead atoms. The summed E-state index contributed by atoms with van der Waals surface area (Å²) < 4.78 is 15.5. The third-order valence-corrected chi connectivity index (χ3v) is 4.29. The van der Waals surface area contributed by atoms with Gasteiger partial charge in [-0.2, -0.15) is 0 Å². The molecule has 0 radical (unpaired) electrons. The van der Waals surface area contributed by atoms with Gasteiger partial charge in [0, 0.05) is 25.8 Å². The lowest BCUT2D eigenvalue weighted by molar-refractivity contribution is -0.156. The molecule has 0 aliphatic heterocycles. The zero-order valence-corrected chi connectivity index (χ0v) is 16.7. The summed E-state index contributed by atoms with van der Waals surface area (Å²) in [5.74, 6) is -0.253. The number of rotatable bonds is 10. The Morgan fingerprint density at radius 1 is 1.08 bits per heavy atom. The van der Waals surface area contributed by atoms with Crippen molar-refractivity contribution < 1.29 is 19.0 Å². The van der Waals surface area contributed by atoms with Crippen molar-refractivity contribution in [3.8, 4) is 0 Å². The van der Waals surface area contributed by atoms with Crippen LogP contribution in [-0.4, -0.2) is 44.0 Å².